The predicted molar refractivity (Wildman–Crippen MR) is 82.2 cm³/mol. The molecule has 0 radical (unpaired) electrons. The van der Waals surface area contributed by atoms with E-state index in [1.165, 1.54) is 58.5 Å². The normalized spacial score (nSPS) is 11.6. The average Bonchev–Trinajstić information content (AvgIpc) is 2.43. The summed E-state index contributed by atoms with van der Waals surface area (Å²) in [6.45, 7) is 4.34. The fourth-order valence-corrected chi connectivity index (χ4v) is 2.24. The molecule has 0 atom stereocenters. The third kappa shape index (κ3) is 10.8. The van der Waals surface area contributed by atoms with Gasteiger partial charge in [0.2, 0.25) is 0 Å². The van der Waals surface area contributed by atoms with Gasteiger partial charge in [0.05, 0.1) is 7.11 Å². The maximum absolute atomic E-state index is 11.5. The molecule has 0 unspecified atom stereocenters. The zero-order valence-corrected chi connectivity index (χ0v) is 13.2. The van der Waals surface area contributed by atoms with Crippen LogP contribution in [0, 0.1) is 0 Å². The fraction of sp³-hybridized carbons (Fsp3) is 0.824. The van der Waals surface area contributed by atoms with Crippen LogP contribution in [-0.4, -0.2) is 13.1 Å². The zero-order valence-electron chi connectivity index (χ0n) is 13.2. The van der Waals surface area contributed by atoms with Gasteiger partial charge in [-0.15, -0.1) is 0 Å². The largest absolute Gasteiger partial charge is 0.466 e. The van der Waals surface area contributed by atoms with Gasteiger partial charge < -0.3 is 4.74 Å². The van der Waals surface area contributed by atoms with Crippen molar-refractivity contribution >= 4 is 5.97 Å². The lowest BCUT2D eigenvalue weighted by molar-refractivity contribution is -0.136. The molecular weight excluding hydrogens is 236 g/mol. The molecule has 0 aliphatic carbocycles. The number of unbranched alkanes of at least 4 members (excludes halogenated alkanes) is 8. The number of allylic oxidation sites excluding steroid dienone is 1. The van der Waals surface area contributed by atoms with Crippen molar-refractivity contribution in [1.82, 2.24) is 0 Å². The van der Waals surface area contributed by atoms with E-state index in [4.69, 9.17) is 4.74 Å². The number of carbonyl (C=O) groups excluding carboxylic acids is 1. The van der Waals surface area contributed by atoms with E-state index in [1.807, 2.05) is 0 Å². The highest BCUT2D eigenvalue weighted by molar-refractivity contribution is 5.88. The van der Waals surface area contributed by atoms with Crippen LogP contribution in [0.1, 0.15) is 84.5 Å². The van der Waals surface area contributed by atoms with E-state index < -0.39 is 0 Å². The molecule has 0 heterocycles. The maximum Gasteiger partial charge on any atom is 0.333 e. The molecule has 0 saturated carbocycles. The molecular formula is C17H32O2. The summed E-state index contributed by atoms with van der Waals surface area (Å²) >= 11 is 0. The monoisotopic (exact) mass is 268 g/mol. The van der Waals surface area contributed by atoms with E-state index in [2.05, 4.69) is 19.9 Å². The minimum absolute atomic E-state index is 0.151. The molecule has 0 spiro atoms. The lowest BCUT2D eigenvalue weighted by Gasteiger charge is -2.04. The van der Waals surface area contributed by atoms with Crippen LogP contribution in [0.25, 0.3) is 0 Å². The van der Waals surface area contributed by atoms with Crippen molar-refractivity contribution in [3.8, 4) is 0 Å². The van der Waals surface area contributed by atoms with Crippen molar-refractivity contribution in [3.63, 3.8) is 0 Å². The highest BCUT2D eigenvalue weighted by Crippen LogP contribution is 2.13. The Morgan fingerprint density at radius 2 is 1.47 bits per heavy atom. The van der Waals surface area contributed by atoms with Gasteiger partial charge in [0.1, 0.15) is 0 Å². The molecule has 0 aromatic rings. The summed E-state index contributed by atoms with van der Waals surface area (Å²) < 4.78 is 4.79. The van der Waals surface area contributed by atoms with Crippen LogP contribution in [0.4, 0.5) is 0 Å². The number of methoxy groups -OCH3 is 1. The van der Waals surface area contributed by atoms with Crippen molar-refractivity contribution in [2.75, 3.05) is 7.11 Å². The van der Waals surface area contributed by atoms with E-state index in [9.17, 15) is 4.79 Å². The maximum atomic E-state index is 11.5. The number of rotatable bonds is 12. The molecule has 0 N–H and O–H groups in total. The summed E-state index contributed by atoms with van der Waals surface area (Å²) in [7, 11) is 1.46. The first kappa shape index (κ1) is 18.2. The Hall–Kier alpha value is -0.790. The third-order valence-electron chi connectivity index (χ3n) is 3.42. The molecule has 0 aromatic heterocycles. The second-order valence-corrected chi connectivity index (χ2v) is 5.23. The molecule has 0 amide bonds. The van der Waals surface area contributed by atoms with Crippen LogP contribution in [-0.2, 0) is 9.53 Å². The first-order chi connectivity index (χ1) is 9.26. The Morgan fingerprint density at radius 3 is 2.00 bits per heavy atom. The SMILES string of the molecule is CCCCCCCCCC/C=C(/CCC)C(=O)OC. The van der Waals surface area contributed by atoms with E-state index in [0.717, 1.165) is 24.8 Å². The number of carbonyl (C=O) groups is 1. The van der Waals surface area contributed by atoms with Crippen LogP contribution < -0.4 is 0 Å². The second-order valence-electron chi connectivity index (χ2n) is 5.23. The first-order valence-corrected chi connectivity index (χ1v) is 8.03. The Morgan fingerprint density at radius 1 is 0.895 bits per heavy atom. The summed E-state index contributed by atoms with van der Waals surface area (Å²) in [5.41, 5.74) is 0.855. The number of esters is 1. The van der Waals surface area contributed by atoms with Gasteiger partial charge in [-0.3, -0.25) is 0 Å². The lowest BCUT2D eigenvalue weighted by Crippen LogP contribution is -2.04. The van der Waals surface area contributed by atoms with Crippen LogP contribution in [0.15, 0.2) is 11.6 Å². The molecule has 0 saturated heterocycles. The minimum Gasteiger partial charge on any atom is -0.466 e. The van der Waals surface area contributed by atoms with Crippen molar-refractivity contribution < 1.29 is 9.53 Å². The van der Waals surface area contributed by atoms with E-state index in [1.54, 1.807) is 0 Å². The molecule has 0 aliphatic rings. The van der Waals surface area contributed by atoms with Gasteiger partial charge in [0, 0.05) is 5.57 Å². The van der Waals surface area contributed by atoms with Gasteiger partial charge in [0.15, 0.2) is 0 Å². The quantitative estimate of drug-likeness (QED) is 0.268. The topological polar surface area (TPSA) is 26.3 Å². The second kappa shape index (κ2) is 13.6. The summed E-state index contributed by atoms with van der Waals surface area (Å²) in [6.07, 6.45) is 15.6. The first-order valence-electron chi connectivity index (χ1n) is 8.03. The smallest absolute Gasteiger partial charge is 0.333 e. The van der Waals surface area contributed by atoms with Gasteiger partial charge in [-0.1, -0.05) is 71.3 Å². The van der Waals surface area contributed by atoms with E-state index in [-0.39, 0.29) is 5.97 Å². The molecule has 0 aromatic carbocycles. The van der Waals surface area contributed by atoms with Crippen molar-refractivity contribution in [2.45, 2.75) is 84.5 Å². The highest BCUT2D eigenvalue weighted by Gasteiger charge is 2.07. The summed E-state index contributed by atoms with van der Waals surface area (Å²) in [6, 6.07) is 0. The van der Waals surface area contributed by atoms with Crippen molar-refractivity contribution in [2.24, 2.45) is 0 Å². The number of ether oxygens (including phenoxy) is 1. The van der Waals surface area contributed by atoms with Crippen LogP contribution in [0.3, 0.4) is 0 Å². The van der Waals surface area contributed by atoms with Crippen LogP contribution in [0.5, 0.6) is 0 Å². The Bertz CT molecular complexity index is 244. The van der Waals surface area contributed by atoms with Crippen LogP contribution in [0.2, 0.25) is 0 Å². The van der Waals surface area contributed by atoms with Gasteiger partial charge in [0.25, 0.3) is 0 Å². The molecule has 19 heavy (non-hydrogen) atoms. The molecule has 112 valence electrons. The molecule has 0 rings (SSSR count). The Kier molecular flexibility index (Phi) is 13.1. The Labute approximate surface area is 119 Å². The minimum atomic E-state index is -0.151. The van der Waals surface area contributed by atoms with E-state index >= 15 is 0 Å². The molecule has 0 bridgehead atoms. The lowest BCUT2D eigenvalue weighted by atomic mass is 10.1. The number of hydrogen-bond donors (Lipinski definition) is 0. The molecule has 2 heteroatoms. The molecule has 0 fully saturated rings. The standard InChI is InChI=1S/C17H32O2/c1-4-6-7-8-9-10-11-12-13-15-16(14-5-2)17(18)19-3/h15H,4-14H2,1-3H3/b16-15-. The number of hydrogen-bond acceptors (Lipinski definition) is 2. The fourth-order valence-electron chi connectivity index (χ4n) is 2.24. The molecule has 2 nitrogen and oxygen atoms in total. The third-order valence-corrected chi connectivity index (χ3v) is 3.42. The zero-order chi connectivity index (χ0) is 14.3. The predicted octanol–water partition coefficient (Wildman–Crippen LogP) is 5.42. The van der Waals surface area contributed by atoms with Gasteiger partial charge in [-0.2, -0.15) is 0 Å². The van der Waals surface area contributed by atoms with Crippen molar-refractivity contribution in [1.29, 1.82) is 0 Å². The molecule has 0 aliphatic heterocycles. The van der Waals surface area contributed by atoms with Gasteiger partial charge in [-0.05, 0) is 19.3 Å². The summed E-state index contributed by atoms with van der Waals surface area (Å²) in [4.78, 5) is 11.5. The highest BCUT2D eigenvalue weighted by atomic mass is 16.5. The Balaban J connectivity index is 3.60. The van der Waals surface area contributed by atoms with Crippen LogP contribution >= 0.6 is 0 Å². The summed E-state index contributed by atoms with van der Waals surface area (Å²) in [5.74, 6) is -0.151. The van der Waals surface area contributed by atoms with Gasteiger partial charge in [-0.25, -0.2) is 4.79 Å². The van der Waals surface area contributed by atoms with E-state index in [0.29, 0.717) is 0 Å². The summed E-state index contributed by atoms with van der Waals surface area (Å²) in [5, 5.41) is 0. The average molecular weight is 268 g/mol. The van der Waals surface area contributed by atoms with Gasteiger partial charge >= 0.3 is 5.97 Å². The van der Waals surface area contributed by atoms with Crippen molar-refractivity contribution in [3.05, 3.63) is 11.6 Å².